The van der Waals surface area contributed by atoms with Crippen molar-refractivity contribution in [3.63, 3.8) is 0 Å². The summed E-state index contributed by atoms with van der Waals surface area (Å²) in [5.74, 6) is 0.389. The summed E-state index contributed by atoms with van der Waals surface area (Å²) in [6, 6.07) is 0. The van der Waals surface area contributed by atoms with E-state index in [0.717, 1.165) is 18.8 Å². The molecule has 0 spiro atoms. The molecule has 2 aliphatic rings. The van der Waals surface area contributed by atoms with Crippen LogP contribution in [-0.2, 0) is 19.6 Å². The number of sulfonamides is 1. The number of hydrogen-bond donors (Lipinski definition) is 1. The summed E-state index contributed by atoms with van der Waals surface area (Å²) in [7, 11) is -1.94. The van der Waals surface area contributed by atoms with Crippen LogP contribution in [0.15, 0.2) is 0 Å². The minimum Gasteiger partial charge on any atom is -0.469 e. The fourth-order valence-corrected chi connectivity index (χ4v) is 3.60. The minimum atomic E-state index is -3.24. The first-order valence-corrected chi connectivity index (χ1v) is 8.17. The van der Waals surface area contributed by atoms with Crippen molar-refractivity contribution >= 4 is 16.0 Å². The lowest BCUT2D eigenvalue weighted by molar-refractivity contribution is -0.140. The van der Waals surface area contributed by atoms with Gasteiger partial charge in [0.1, 0.15) is 0 Å². The number of esters is 1. The Labute approximate surface area is 108 Å². The number of rotatable bonds is 8. The maximum absolute atomic E-state index is 11.8. The summed E-state index contributed by atoms with van der Waals surface area (Å²) < 4.78 is 30.7. The predicted octanol–water partition coefficient (Wildman–Crippen LogP) is 1.05. The molecule has 1 N–H and O–H groups in total. The molecule has 104 valence electrons. The van der Waals surface area contributed by atoms with Crippen LogP contribution in [-0.4, -0.2) is 33.8 Å². The van der Waals surface area contributed by atoms with Crippen LogP contribution < -0.4 is 4.72 Å². The summed E-state index contributed by atoms with van der Waals surface area (Å²) in [4.78, 5) is 10.9. The van der Waals surface area contributed by atoms with Crippen LogP contribution in [0.3, 0.4) is 0 Å². The van der Waals surface area contributed by atoms with Gasteiger partial charge in [-0.05, 0) is 43.4 Å². The lowest BCUT2D eigenvalue weighted by Crippen LogP contribution is -2.33. The third-order valence-corrected chi connectivity index (χ3v) is 5.41. The molecular formula is C12H21NO4S. The number of nitrogens with one attached hydrogen (secondary N) is 1. The largest absolute Gasteiger partial charge is 0.469 e. The highest BCUT2D eigenvalue weighted by Crippen LogP contribution is 2.60. The summed E-state index contributed by atoms with van der Waals surface area (Å²) in [6.07, 6.45) is 5.29. The molecule has 0 bridgehead atoms. The zero-order valence-electron chi connectivity index (χ0n) is 10.8. The van der Waals surface area contributed by atoms with E-state index in [1.165, 1.54) is 20.0 Å². The molecule has 0 aromatic rings. The second kappa shape index (κ2) is 5.17. The van der Waals surface area contributed by atoms with Gasteiger partial charge in [0, 0.05) is 13.0 Å². The minimum absolute atomic E-state index is 0.00282. The molecule has 0 aliphatic heterocycles. The Bertz CT molecular complexity index is 410. The molecule has 0 aromatic carbocycles. The Morgan fingerprint density at radius 2 is 2.06 bits per heavy atom. The maximum Gasteiger partial charge on any atom is 0.305 e. The van der Waals surface area contributed by atoms with Gasteiger partial charge in [0.15, 0.2) is 0 Å². The summed E-state index contributed by atoms with van der Waals surface area (Å²) in [6.45, 7) is 0.582. The molecule has 0 radical (unpaired) electrons. The number of methoxy groups -OCH3 is 1. The van der Waals surface area contributed by atoms with Crippen LogP contribution in [0.2, 0.25) is 0 Å². The van der Waals surface area contributed by atoms with Crippen molar-refractivity contribution in [1.29, 1.82) is 0 Å². The van der Waals surface area contributed by atoms with Crippen molar-refractivity contribution in [3.8, 4) is 0 Å². The van der Waals surface area contributed by atoms with Crippen molar-refractivity contribution in [2.45, 2.75) is 38.5 Å². The molecule has 18 heavy (non-hydrogen) atoms. The normalized spacial score (nSPS) is 21.6. The fraction of sp³-hybridized carbons (Fsp3) is 0.917. The molecule has 0 heterocycles. The first-order valence-electron chi connectivity index (χ1n) is 6.52. The second-order valence-corrected chi connectivity index (χ2v) is 7.38. The van der Waals surface area contributed by atoms with Crippen LogP contribution in [0.25, 0.3) is 0 Å². The van der Waals surface area contributed by atoms with Crippen molar-refractivity contribution in [2.75, 3.05) is 19.4 Å². The van der Waals surface area contributed by atoms with E-state index in [-0.39, 0.29) is 23.6 Å². The van der Waals surface area contributed by atoms with Gasteiger partial charge in [0.25, 0.3) is 0 Å². The van der Waals surface area contributed by atoms with Gasteiger partial charge in [0.05, 0.1) is 12.9 Å². The highest BCUT2D eigenvalue weighted by Gasteiger charge is 2.53. The molecule has 6 heteroatoms. The van der Waals surface area contributed by atoms with Gasteiger partial charge in [-0.25, -0.2) is 13.1 Å². The van der Waals surface area contributed by atoms with Crippen molar-refractivity contribution in [2.24, 2.45) is 11.3 Å². The first-order chi connectivity index (χ1) is 8.47. The van der Waals surface area contributed by atoms with Gasteiger partial charge in [-0.15, -0.1) is 0 Å². The third kappa shape index (κ3) is 3.68. The molecule has 5 nitrogen and oxygen atoms in total. The Balaban J connectivity index is 1.69. The van der Waals surface area contributed by atoms with E-state index < -0.39 is 10.0 Å². The third-order valence-electron chi connectivity index (χ3n) is 4.00. The van der Waals surface area contributed by atoms with Crippen LogP contribution >= 0.6 is 0 Å². The molecule has 0 amide bonds. The molecule has 2 rings (SSSR count). The van der Waals surface area contributed by atoms with Gasteiger partial charge in [-0.1, -0.05) is 0 Å². The molecule has 2 aliphatic carbocycles. The van der Waals surface area contributed by atoms with E-state index in [0.29, 0.717) is 13.0 Å². The SMILES string of the molecule is COC(=O)CCCS(=O)(=O)NCC1(C2CC2)CC1. The van der Waals surface area contributed by atoms with Gasteiger partial charge >= 0.3 is 5.97 Å². The van der Waals surface area contributed by atoms with E-state index in [9.17, 15) is 13.2 Å². The number of ether oxygens (including phenoxy) is 1. The standard InChI is InChI=1S/C12H21NO4S/c1-17-11(14)3-2-8-18(15,16)13-9-12(6-7-12)10-4-5-10/h10,13H,2-9H2,1H3. The van der Waals surface area contributed by atoms with E-state index in [4.69, 9.17) is 0 Å². The summed E-state index contributed by atoms with van der Waals surface area (Å²) in [5.41, 5.74) is 0.273. The predicted molar refractivity (Wildman–Crippen MR) is 67.4 cm³/mol. The first kappa shape index (κ1) is 13.8. The molecule has 0 atom stereocenters. The lowest BCUT2D eigenvalue weighted by atomic mass is 10.0. The van der Waals surface area contributed by atoms with E-state index in [2.05, 4.69) is 9.46 Å². The smallest absolute Gasteiger partial charge is 0.305 e. The Kier molecular flexibility index (Phi) is 3.96. The highest BCUT2D eigenvalue weighted by atomic mass is 32.2. The van der Waals surface area contributed by atoms with E-state index >= 15 is 0 Å². The van der Waals surface area contributed by atoms with Crippen molar-refractivity contribution < 1.29 is 17.9 Å². The topological polar surface area (TPSA) is 72.5 Å². The number of carbonyl (C=O) groups is 1. The van der Waals surface area contributed by atoms with Gasteiger partial charge < -0.3 is 4.74 Å². The van der Waals surface area contributed by atoms with E-state index in [1.807, 2.05) is 0 Å². The maximum atomic E-state index is 11.8. The number of carbonyl (C=O) groups excluding carboxylic acids is 1. The van der Waals surface area contributed by atoms with Crippen LogP contribution in [0, 0.1) is 11.3 Å². The van der Waals surface area contributed by atoms with Gasteiger partial charge in [-0.3, -0.25) is 4.79 Å². The molecule has 0 aromatic heterocycles. The average molecular weight is 275 g/mol. The lowest BCUT2D eigenvalue weighted by Gasteiger charge is -2.15. The zero-order valence-corrected chi connectivity index (χ0v) is 11.6. The van der Waals surface area contributed by atoms with Gasteiger partial charge in [0.2, 0.25) is 10.0 Å². The molecular weight excluding hydrogens is 254 g/mol. The average Bonchev–Trinajstić information content (AvgIpc) is 3.15. The van der Waals surface area contributed by atoms with Crippen LogP contribution in [0.4, 0.5) is 0 Å². The molecule has 2 fully saturated rings. The fourth-order valence-electron chi connectivity index (χ4n) is 2.42. The second-order valence-electron chi connectivity index (χ2n) is 5.46. The quantitative estimate of drug-likeness (QED) is 0.672. The van der Waals surface area contributed by atoms with E-state index in [1.54, 1.807) is 0 Å². The molecule has 0 unspecified atom stereocenters. The summed E-state index contributed by atoms with van der Waals surface area (Å²) in [5, 5.41) is 0. The Morgan fingerprint density at radius 1 is 1.39 bits per heavy atom. The molecule has 0 saturated heterocycles. The van der Waals surface area contributed by atoms with Crippen molar-refractivity contribution in [3.05, 3.63) is 0 Å². The zero-order chi connectivity index (χ0) is 13.2. The Morgan fingerprint density at radius 3 is 2.56 bits per heavy atom. The van der Waals surface area contributed by atoms with Crippen LogP contribution in [0.5, 0.6) is 0 Å². The summed E-state index contributed by atoms with van der Waals surface area (Å²) >= 11 is 0. The van der Waals surface area contributed by atoms with Crippen molar-refractivity contribution in [1.82, 2.24) is 4.72 Å². The monoisotopic (exact) mass is 275 g/mol. The highest BCUT2D eigenvalue weighted by molar-refractivity contribution is 7.89. The molecule has 2 saturated carbocycles. The van der Waals surface area contributed by atoms with Gasteiger partial charge in [-0.2, -0.15) is 0 Å². The Hall–Kier alpha value is -0.620. The number of hydrogen-bond acceptors (Lipinski definition) is 4. The van der Waals surface area contributed by atoms with Crippen LogP contribution in [0.1, 0.15) is 38.5 Å².